The van der Waals surface area contributed by atoms with Gasteiger partial charge in [-0.15, -0.1) is 0 Å². The summed E-state index contributed by atoms with van der Waals surface area (Å²) in [6, 6.07) is 12.4. The van der Waals surface area contributed by atoms with E-state index in [0.717, 1.165) is 0 Å². The third-order valence-electron chi connectivity index (χ3n) is 4.17. The number of aromatic nitrogens is 2. The first-order valence-electron chi connectivity index (χ1n) is 8.69. The summed E-state index contributed by atoms with van der Waals surface area (Å²) in [7, 11) is 0. The van der Waals surface area contributed by atoms with Crippen LogP contribution in [0.1, 0.15) is 23.7 Å². The minimum Gasteiger partial charge on any atom is -0.481 e. The highest BCUT2D eigenvalue weighted by Crippen LogP contribution is 2.23. The summed E-state index contributed by atoms with van der Waals surface area (Å²) in [6.45, 7) is 2.36. The Morgan fingerprint density at radius 3 is 2.32 bits per heavy atom. The Kier molecular flexibility index (Phi) is 5.78. The number of rotatable bonds is 7. The zero-order valence-electron chi connectivity index (χ0n) is 15.1. The van der Waals surface area contributed by atoms with Crippen LogP contribution in [0.3, 0.4) is 0 Å². The Labute approximate surface area is 160 Å². The van der Waals surface area contributed by atoms with E-state index in [0.29, 0.717) is 29.1 Å². The number of carboxylic acids is 1. The fourth-order valence-corrected chi connectivity index (χ4v) is 2.63. The average molecular weight is 383 g/mol. The van der Waals surface area contributed by atoms with Gasteiger partial charge in [0.1, 0.15) is 5.82 Å². The number of hydrogen-bond acceptors (Lipinski definition) is 5. The molecule has 0 unspecified atom stereocenters. The molecule has 0 saturated carbocycles. The number of benzene rings is 2. The molecule has 3 rings (SSSR count). The number of carbonyl (C=O) groups is 2. The van der Waals surface area contributed by atoms with Crippen molar-refractivity contribution in [3.05, 3.63) is 59.9 Å². The monoisotopic (exact) mass is 383 g/mol. The minimum absolute atomic E-state index is 0.104. The van der Waals surface area contributed by atoms with E-state index in [4.69, 9.17) is 9.63 Å². The molecule has 1 amide bonds. The number of carboxylic acid groups (broad SMARTS) is 1. The molecule has 0 radical (unpaired) electrons. The fraction of sp³-hybridized carbons (Fsp3) is 0.200. The van der Waals surface area contributed by atoms with Crippen LogP contribution in [0, 0.1) is 5.82 Å². The van der Waals surface area contributed by atoms with Gasteiger partial charge >= 0.3 is 5.97 Å². The largest absolute Gasteiger partial charge is 0.481 e. The third-order valence-corrected chi connectivity index (χ3v) is 4.17. The Morgan fingerprint density at radius 1 is 1.07 bits per heavy atom. The molecule has 1 N–H and O–H groups in total. The van der Waals surface area contributed by atoms with Crippen molar-refractivity contribution in [3.63, 3.8) is 0 Å². The number of aliphatic carboxylic acids is 1. The van der Waals surface area contributed by atoms with E-state index in [2.05, 4.69) is 10.1 Å². The van der Waals surface area contributed by atoms with Gasteiger partial charge in [-0.25, -0.2) is 4.39 Å². The van der Waals surface area contributed by atoms with Crippen molar-refractivity contribution >= 4 is 11.9 Å². The lowest BCUT2D eigenvalue weighted by atomic mass is 10.1. The first kappa shape index (κ1) is 19.2. The van der Waals surface area contributed by atoms with Crippen molar-refractivity contribution in [1.29, 1.82) is 0 Å². The highest BCUT2D eigenvalue weighted by atomic mass is 19.1. The molecule has 0 aliphatic rings. The molecule has 2 aromatic carbocycles. The molecule has 7 nitrogen and oxygen atoms in total. The van der Waals surface area contributed by atoms with E-state index in [9.17, 15) is 14.0 Å². The quantitative estimate of drug-likeness (QED) is 0.671. The molecule has 8 heteroatoms. The average Bonchev–Trinajstić information content (AvgIpc) is 3.19. The van der Waals surface area contributed by atoms with Gasteiger partial charge in [-0.3, -0.25) is 9.59 Å². The molecular weight excluding hydrogens is 365 g/mol. The Morgan fingerprint density at radius 2 is 1.71 bits per heavy atom. The van der Waals surface area contributed by atoms with E-state index in [1.165, 1.54) is 17.0 Å². The first-order valence-corrected chi connectivity index (χ1v) is 8.69. The van der Waals surface area contributed by atoms with Crippen molar-refractivity contribution in [2.24, 2.45) is 0 Å². The van der Waals surface area contributed by atoms with Crippen molar-refractivity contribution in [2.75, 3.05) is 13.1 Å². The second kappa shape index (κ2) is 8.43. The third kappa shape index (κ3) is 4.40. The molecule has 0 fully saturated rings. The number of halogens is 1. The van der Waals surface area contributed by atoms with Crippen LogP contribution in [0.5, 0.6) is 0 Å². The lowest BCUT2D eigenvalue weighted by molar-refractivity contribution is -0.137. The smallest absolute Gasteiger partial charge is 0.305 e. The molecule has 1 aromatic heterocycles. The van der Waals surface area contributed by atoms with Crippen LogP contribution < -0.4 is 0 Å². The number of nitrogens with zero attached hydrogens (tertiary/aromatic N) is 3. The summed E-state index contributed by atoms with van der Waals surface area (Å²) in [5.74, 6) is -0.933. The molecule has 0 spiro atoms. The topological polar surface area (TPSA) is 96.5 Å². The lowest BCUT2D eigenvalue weighted by Crippen LogP contribution is -2.32. The van der Waals surface area contributed by atoms with Gasteiger partial charge in [0.25, 0.3) is 11.8 Å². The number of carbonyl (C=O) groups excluding carboxylic acids is 1. The van der Waals surface area contributed by atoms with E-state index >= 15 is 0 Å². The van der Waals surface area contributed by atoms with E-state index in [-0.39, 0.29) is 30.6 Å². The van der Waals surface area contributed by atoms with E-state index < -0.39 is 5.97 Å². The minimum atomic E-state index is -0.948. The van der Waals surface area contributed by atoms with Crippen LogP contribution in [0.4, 0.5) is 4.39 Å². The van der Waals surface area contributed by atoms with Gasteiger partial charge in [-0.1, -0.05) is 17.3 Å². The lowest BCUT2D eigenvalue weighted by Gasteiger charge is -2.20. The zero-order chi connectivity index (χ0) is 20.1. The fourth-order valence-electron chi connectivity index (χ4n) is 2.63. The van der Waals surface area contributed by atoms with Crippen LogP contribution in [0.25, 0.3) is 22.8 Å². The van der Waals surface area contributed by atoms with Crippen molar-refractivity contribution < 1.29 is 23.6 Å². The van der Waals surface area contributed by atoms with Gasteiger partial charge in [-0.2, -0.15) is 4.98 Å². The van der Waals surface area contributed by atoms with Gasteiger partial charge < -0.3 is 14.5 Å². The maximum atomic E-state index is 13.0. The molecule has 144 valence electrons. The van der Waals surface area contributed by atoms with E-state index in [1.54, 1.807) is 43.3 Å². The standard InChI is InChI=1S/C20H18FN3O4/c1-2-24(12-11-17(25)26)20(27)15-5-3-13(4-6-15)18-22-19(28-23-18)14-7-9-16(21)10-8-14/h3-10H,2,11-12H2,1H3,(H,25,26). The number of hydrogen-bond donors (Lipinski definition) is 1. The van der Waals surface area contributed by atoms with Crippen LogP contribution in [0.15, 0.2) is 53.1 Å². The molecule has 0 saturated heterocycles. The molecular formula is C20H18FN3O4. The van der Waals surface area contributed by atoms with Crippen molar-refractivity contribution in [2.45, 2.75) is 13.3 Å². The summed E-state index contributed by atoms with van der Waals surface area (Å²) < 4.78 is 18.2. The van der Waals surface area contributed by atoms with Crippen LogP contribution >= 0.6 is 0 Å². The van der Waals surface area contributed by atoms with Crippen LogP contribution in [-0.2, 0) is 4.79 Å². The highest BCUT2D eigenvalue weighted by molar-refractivity contribution is 5.94. The summed E-state index contributed by atoms with van der Waals surface area (Å²) in [4.78, 5) is 29.0. The summed E-state index contributed by atoms with van der Waals surface area (Å²) >= 11 is 0. The van der Waals surface area contributed by atoms with Gasteiger partial charge in [0.05, 0.1) is 6.42 Å². The summed E-state index contributed by atoms with van der Waals surface area (Å²) in [5.41, 5.74) is 1.70. The predicted octanol–water partition coefficient (Wildman–Crippen LogP) is 3.48. The SMILES string of the molecule is CCN(CCC(=O)O)C(=O)c1ccc(-c2noc(-c3ccc(F)cc3)n2)cc1. The number of amides is 1. The molecule has 0 atom stereocenters. The molecule has 3 aromatic rings. The highest BCUT2D eigenvalue weighted by Gasteiger charge is 2.16. The van der Waals surface area contributed by atoms with E-state index in [1.807, 2.05) is 0 Å². The van der Waals surface area contributed by atoms with Crippen LogP contribution in [-0.4, -0.2) is 45.1 Å². The Bertz CT molecular complexity index is 968. The maximum absolute atomic E-state index is 13.0. The molecule has 28 heavy (non-hydrogen) atoms. The van der Waals surface area contributed by atoms with Crippen molar-refractivity contribution in [1.82, 2.24) is 15.0 Å². The molecule has 0 aliphatic carbocycles. The predicted molar refractivity (Wildman–Crippen MR) is 99.0 cm³/mol. The second-order valence-electron chi connectivity index (χ2n) is 6.04. The molecule has 0 bridgehead atoms. The Balaban J connectivity index is 1.74. The van der Waals surface area contributed by atoms with Gasteiger partial charge in [0, 0.05) is 29.8 Å². The molecule has 0 aliphatic heterocycles. The Hall–Kier alpha value is -3.55. The van der Waals surface area contributed by atoms with Gasteiger partial charge in [0.2, 0.25) is 5.82 Å². The summed E-state index contributed by atoms with van der Waals surface area (Å²) in [5, 5.41) is 12.7. The van der Waals surface area contributed by atoms with Gasteiger partial charge in [0.15, 0.2) is 0 Å². The second-order valence-corrected chi connectivity index (χ2v) is 6.04. The summed E-state index contributed by atoms with van der Waals surface area (Å²) in [6.07, 6.45) is -0.104. The van der Waals surface area contributed by atoms with Gasteiger partial charge in [-0.05, 0) is 43.3 Å². The normalized spacial score (nSPS) is 10.6. The zero-order valence-corrected chi connectivity index (χ0v) is 15.1. The maximum Gasteiger partial charge on any atom is 0.305 e. The molecule has 1 heterocycles. The van der Waals surface area contributed by atoms with Crippen molar-refractivity contribution in [3.8, 4) is 22.8 Å². The van der Waals surface area contributed by atoms with Crippen LogP contribution in [0.2, 0.25) is 0 Å². The first-order chi connectivity index (χ1) is 13.5.